The summed E-state index contributed by atoms with van der Waals surface area (Å²) in [5.74, 6) is 1.71. The van der Waals surface area contributed by atoms with Crippen molar-refractivity contribution >= 4 is 49.8 Å². The van der Waals surface area contributed by atoms with Gasteiger partial charge in [-0.2, -0.15) is 5.26 Å². The van der Waals surface area contributed by atoms with Crippen molar-refractivity contribution in [1.29, 1.82) is 5.26 Å². The molecule has 1 aliphatic heterocycles. The third kappa shape index (κ3) is 4.68. The summed E-state index contributed by atoms with van der Waals surface area (Å²) in [5.41, 5.74) is 4.55. The Kier molecular flexibility index (Phi) is 6.57. The van der Waals surface area contributed by atoms with E-state index in [1.165, 1.54) is 0 Å². The maximum Gasteiger partial charge on any atom is 0.134 e. The van der Waals surface area contributed by atoms with E-state index in [4.69, 9.17) is 20.8 Å². The first-order chi connectivity index (χ1) is 16.5. The van der Waals surface area contributed by atoms with Gasteiger partial charge in [0.25, 0.3) is 0 Å². The molecule has 172 valence electrons. The molecule has 34 heavy (non-hydrogen) atoms. The number of ether oxygens (including phenoxy) is 1. The number of furan rings is 1. The highest BCUT2D eigenvalue weighted by Gasteiger charge is 2.16. The number of pyridine rings is 1. The van der Waals surface area contributed by atoms with Gasteiger partial charge in [0, 0.05) is 34.7 Å². The highest BCUT2D eigenvalue weighted by atomic mass is 79.9. The van der Waals surface area contributed by atoms with E-state index < -0.39 is 0 Å². The fraction of sp³-hybridized carbons (Fsp3) is 0.231. The van der Waals surface area contributed by atoms with Crippen LogP contribution < -0.4 is 5.32 Å². The number of halogens is 2. The van der Waals surface area contributed by atoms with Crippen LogP contribution in [0.25, 0.3) is 22.2 Å². The van der Waals surface area contributed by atoms with E-state index in [2.05, 4.69) is 37.2 Å². The second-order valence-corrected chi connectivity index (χ2v) is 9.57. The van der Waals surface area contributed by atoms with Gasteiger partial charge in [0.2, 0.25) is 0 Å². The van der Waals surface area contributed by atoms with Crippen molar-refractivity contribution in [3.63, 3.8) is 0 Å². The third-order valence-corrected chi connectivity index (χ3v) is 6.68. The molecule has 0 atom stereocenters. The minimum atomic E-state index is 0.449. The summed E-state index contributed by atoms with van der Waals surface area (Å²) >= 11 is 9.96. The lowest BCUT2D eigenvalue weighted by molar-refractivity contribution is 0.0314. The van der Waals surface area contributed by atoms with E-state index in [0.717, 1.165) is 76.6 Å². The Morgan fingerprint density at radius 2 is 1.97 bits per heavy atom. The van der Waals surface area contributed by atoms with Crippen LogP contribution in [0.1, 0.15) is 16.9 Å². The summed E-state index contributed by atoms with van der Waals surface area (Å²) in [6, 6.07) is 16.0. The lowest BCUT2D eigenvalue weighted by Crippen LogP contribution is -2.35. The predicted octanol–water partition coefficient (Wildman–Crippen LogP) is 6.67. The number of morpholine rings is 1. The van der Waals surface area contributed by atoms with Crippen LogP contribution in [0.4, 0.5) is 11.4 Å². The Morgan fingerprint density at radius 3 is 2.74 bits per heavy atom. The normalized spacial score (nSPS) is 14.3. The lowest BCUT2D eigenvalue weighted by atomic mass is 10.1. The number of aromatic nitrogens is 1. The van der Waals surface area contributed by atoms with Crippen molar-refractivity contribution in [3.8, 4) is 17.4 Å². The molecule has 2 aromatic heterocycles. The third-order valence-electron chi connectivity index (χ3n) is 5.92. The average Bonchev–Trinajstić information content (AvgIpc) is 3.30. The summed E-state index contributed by atoms with van der Waals surface area (Å²) in [4.78, 5) is 6.86. The zero-order chi connectivity index (χ0) is 23.7. The summed E-state index contributed by atoms with van der Waals surface area (Å²) in [7, 11) is 0. The van der Waals surface area contributed by atoms with Gasteiger partial charge in [0.05, 0.1) is 47.2 Å². The lowest BCUT2D eigenvalue weighted by Gasteiger charge is -2.25. The monoisotopic (exact) mass is 536 g/mol. The van der Waals surface area contributed by atoms with Crippen LogP contribution in [-0.4, -0.2) is 36.2 Å². The number of fused-ring (bicyclic) bond motifs is 1. The molecule has 0 amide bonds. The Balaban J connectivity index is 1.48. The van der Waals surface area contributed by atoms with Crippen molar-refractivity contribution in [1.82, 2.24) is 9.88 Å². The van der Waals surface area contributed by atoms with Gasteiger partial charge in [-0.15, -0.1) is 0 Å². The minimum Gasteiger partial charge on any atom is -0.460 e. The average molecular weight is 538 g/mol. The predicted molar refractivity (Wildman–Crippen MR) is 137 cm³/mol. The first-order valence-electron chi connectivity index (χ1n) is 11.0. The van der Waals surface area contributed by atoms with Crippen LogP contribution in [0.5, 0.6) is 0 Å². The molecule has 5 rings (SSSR count). The Labute approximate surface area is 211 Å². The number of hydrogen-bond donors (Lipinski definition) is 1. The fourth-order valence-corrected chi connectivity index (χ4v) is 5.17. The van der Waals surface area contributed by atoms with E-state index in [9.17, 15) is 5.26 Å². The summed E-state index contributed by atoms with van der Waals surface area (Å²) < 4.78 is 12.5. The highest BCUT2D eigenvalue weighted by Crippen LogP contribution is 2.37. The van der Waals surface area contributed by atoms with Gasteiger partial charge < -0.3 is 14.5 Å². The SMILES string of the molecule is Cc1cc(Br)cc(Cl)c1Nc1c(C#N)cnc2cc(-c3ccc(CN4CCOCC4)o3)ccc12. The molecule has 0 spiro atoms. The number of aryl methyl sites for hydroxylation is 1. The highest BCUT2D eigenvalue weighted by molar-refractivity contribution is 9.10. The fourth-order valence-electron chi connectivity index (χ4n) is 4.15. The molecule has 0 radical (unpaired) electrons. The first kappa shape index (κ1) is 22.9. The van der Waals surface area contributed by atoms with Gasteiger partial charge in [-0.05, 0) is 48.9 Å². The molecule has 0 unspecified atom stereocenters. The molecule has 3 heterocycles. The Morgan fingerprint density at radius 1 is 1.15 bits per heavy atom. The number of nitrogens with one attached hydrogen (secondary N) is 1. The number of hydrogen-bond acceptors (Lipinski definition) is 6. The molecule has 2 aromatic carbocycles. The minimum absolute atomic E-state index is 0.449. The van der Waals surface area contributed by atoms with E-state index in [-0.39, 0.29) is 0 Å². The molecule has 0 bridgehead atoms. The zero-order valence-electron chi connectivity index (χ0n) is 18.6. The first-order valence-corrected chi connectivity index (χ1v) is 12.1. The topological polar surface area (TPSA) is 74.3 Å². The van der Waals surface area contributed by atoms with Gasteiger partial charge in [-0.1, -0.05) is 33.6 Å². The number of nitriles is 1. The number of rotatable bonds is 5. The summed E-state index contributed by atoms with van der Waals surface area (Å²) in [5, 5.41) is 14.5. The second-order valence-electron chi connectivity index (χ2n) is 8.25. The number of nitrogens with zero attached hydrogens (tertiary/aromatic N) is 3. The van der Waals surface area contributed by atoms with Gasteiger partial charge >= 0.3 is 0 Å². The van der Waals surface area contributed by atoms with Crippen LogP contribution in [-0.2, 0) is 11.3 Å². The molecule has 4 aromatic rings. The zero-order valence-corrected chi connectivity index (χ0v) is 20.9. The second kappa shape index (κ2) is 9.77. The van der Waals surface area contributed by atoms with Crippen molar-refractivity contribution in [3.05, 3.63) is 75.0 Å². The molecule has 1 aliphatic rings. The largest absolute Gasteiger partial charge is 0.460 e. The summed E-state index contributed by atoms with van der Waals surface area (Å²) in [6.07, 6.45) is 1.59. The van der Waals surface area contributed by atoms with Gasteiger partial charge in [-0.3, -0.25) is 9.88 Å². The quantitative estimate of drug-likeness (QED) is 0.307. The van der Waals surface area contributed by atoms with Gasteiger partial charge in [-0.25, -0.2) is 0 Å². The molecule has 1 fully saturated rings. The Hall–Kier alpha value is -2.89. The molecule has 8 heteroatoms. The molecular formula is C26H22BrClN4O2. The van der Waals surface area contributed by atoms with Crippen molar-refractivity contribution in [2.45, 2.75) is 13.5 Å². The Bertz CT molecular complexity index is 1380. The van der Waals surface area contributed by atoms with E-state index in [1.54, 1.807) is 6.20 Å². The maximum atomic E-state index is 9.71. The van der Waals surface area contributed by atoms with Crippen LogP contribution in [0.15, 0.2) is 57.6 Å². The van der Waals surface area contributed by atoms with Crippen LogP contribution >= 0.6 is 27.5 Å². The molecule has 0 aliphatic carbocycles. The number of anilines is 2. The van der Waals surface area contributed by atoms with E-state index >= 15 is 0 Å². The van der Waals surface area contributed by atoms with Crippen molar-refractivity contribution < 1.29 is 9.15 Å². The van der Waals surface area contributed by atoms with Gasteiger partial charge in [0.15, 0.2) is 0 Å². The standard InChI is InChI=1S/C26H22BrClN4O2/c1-16-10-19(27)12-22(28)25(16)31-26-18(13-29)14-30-23-11-17(2-4-21(23)26)24-5-3-20(34-24)15-32-6-8-33-9-7-32/h2-5,10-12,14H,6-9,15H2,1H3,(H,30,31). The molecular weight excluding hydrogens is 516 g/mol. The maximum absolute atomic E-state index is 9.71. The molecule has 6 nitrogen and oxygen atoms in total. The van der Waals surface area contributed by atoms with Gasteiger partial charge in [0.1, 0.15) is 17.6 Å². The van der Waals surface area contributed by atoms with Crippen LogP contribution in [0.3, 0.4) is 0 Å². The van der Waals surface area contributed by atoms with Crippen molar-refractivity contribution in [2.24, 2.45) is 0 Å². The van der Waals surface area contributed by atoms with E-state index in [0.29, 0.717) is 16.3 Å². The smallest absolute Gasteiger partial charge is 0.134 e. The van der Waals surface area contributed by atoms with E-state index in [1.807, 2.05) is 49.4 Å². The summed E-state index contributed by atoms with van der Waals surface area (Å²) in [6.45, 7) is 6.08. The molecule has 0 saturated carbocycles. The van der Waals surface area contributed by atoms with Crippen molar-refractivity contribution in [2.75, 3.05) is 31.6 Å². The number of benzene rings is 2. The molecule has 1 N–H and O–H groups in total. The molecule has 1 saturated heterocycles. The van der Waals surface area contributed by atoms with Crippen LogP contribution in [0, 0.1) is 18.3 Å². The van der Waals surface area contributed by atoms with Crippen LogP contribution in [0.2, 0.25) is 5.02 Å².